The van der Waals surface area contributed by atoms with E-state index in [2.05, 4.69) is 46.9 Å². The van der Waals surface area contributed by atoms with Crippen LogP contribution in [-0.2, 0) is 6.54 Å². The molecule has 27 heavy (non-hydrogen) atoms. The van der Waals surface area contributed by atoms with E-state index in [9.17, 15) is 5.26 Å². The highest BCUT2D eigenvalue weighted by molar-refractivity contribution is 7.98. The fourth-order valence-corrected chi connectivity index (χ4v) is 3.67. The molecule has 3 rings (SSSR count). The van der Waals surface area contributed by atoms with Crippen LogP contribution in [0, 0.1) is 11.3 Å². The third kappa shape index (κ3) is 3.90. The number of fused-ring (bicyclic) bond motifs is 1. The first-order valence-electron chi connectivity index (χ1n) is 8.97. The Bertz CT molecular complexity index is 988. The molecule has 1 heterocycles. The normalized spacial score (nSPS) is 11.0. The second-order valence-electron chi connectivity index (χ2n) is 6.52. The number of nitriles is 1. The third-order valence-electron chi connectivity index (χ3n) is 4.30. The van der Waals surface area contributed by atoms with Gasteiger partial charge in [-0.25, -0.2) is 4.72 Å². The summed E-state index contributed by atoms with van der Waals surface area (Å²) in [4.78, 5) is 0. The molecule has 0 radical (unpaired) electrons. The second-order valence-corrected chi connectivity index (χ2v) is 7.16. The highest BCUT2D eigenvalue weighted by Gasteiger charge is 2.18. The van der Waals surface area contributed by atoms with Crippen molar-refractivity contribution in [3.05, 3.63) is 48.0 Å². The Morgan fingerprint density at radius 2 is 2.04 bits per heavy atom. The predicted molar refractivity (Wildman–Crippen MR) is 114 cm³/mol. The fourth-order valence-electron chi connectivity index (χ4n) is 3.13. The molecule has 0 aliphatic rings. The first-order chi connectivity index (χ1) is 13.1. The Morgan fingerprint density at radius 3 is 2.70 bits per heavy atom. The molecule has 0 aliphatic heterocycles. The quantitative estimate of drug-likeness (QED) is 0.553. The maximum Gasteiger partial charge on any atom is 0.120 e. The number of methoxy groups -OCH3 is 1. The third-order valence-corrected chi connectivity index (χ3v) is 5.23. The lowest BCUT2D eigenvalue weighted by atomic mass is 10.1. The zero-order chi connectivity index (χ0) is 19.4. The van der Waals surface area contributed by atoms with Gasteiger partial charge in [0.1, 0.15) is 11.8 Å². The van der Waals surface area contributed by atoms with E-state index in [1.54, 1.807) is 7.11 Å². The highest BCUT2D eigenvalue weighted by Crippen LogP contribution is 2.36. The average molecular weight is 381 g/mol. The minimum Gasteiger partial charge on any atom is -0.497 e. The molecule has 0 unspecified atom stereocenters. The second kappa shape index (κ2) is 8.38. The van der Waals surface area contributed by atoms with Gasteiger partial charge < -0.3 is 14.0 Å². The van der Waals surface area contributed by atoms with Crippen molar-refractivity contribution in [2.24, 2.45) is 0 Å². The average Bonchev–Trinajstić information content (AvgIpc) is 3.00. The number of nitrogens with zero attached hydrogens (tertiary/aromatic N) is 2. The predicted octanol–water partition coefficient (Wildman–Crippen LogP) is 5.18. The zero-order valence-corrected chi connectivity index (χ0v) is 16.9. The highest BCUT2D eigenvalue weighted by atomic mass is 32.2. The van der Waals surface area contributed by atoms with Crippen molar-refractivity contribution < 1.29 is 4.74 Å². The van der Waals surface area contributed by atoms with Crippen LogP contribution < -0.4 is 14.2 Å². The molecule has 0 spiro atoms. The molecule has 0 bridgehead atoms. The standard InChI is InChI=1S/C21H24N4OS/c1-5-25-20-12-17(26-4)9-10-18(20)19(13-22)21(25)15-7-6-8-16(11-15)24-27-23-14(2)3/h6-12,14,23-24H,5H2,1-4H3. The summed E-state index contributed by atoms with van der Waals surface area (Å²) >= 11 is 1.46. The molecule has 0 aliphatic carbocycles. The Balaban J connectivity index is 2.09. The maximum absolute atomic E-state index is 9.86. The summed E-state index contributed by atoms with van der Waals surface area (Å²) in [6.07, 6.45) is 0. The summed E-state index contributed by atoms with van der Waals surface area (Å²) < 4.78 is 14.1. The molecule has 5 nitrogen and oxygen atoms in total. The van der Waals surface area contributed by atoms with Crippen LogP contribution in [0.2, 0.25) is 0 Å². The summed E-state index contributed by atoms with van der Waals surface area (Å²) in [5.74, 6) is 0.789. The van der Waals surface area contributed by atoms with Gasteiger partial charge >= 0.3 is 0 Å². The van der Waals surface area contributed by atoms with E-state index < -0.39 is 0 Å². The summed E-state index contributed by atoms with van der Waals surface area (Å²) in [6.45, 7) is 7.05. The number of ether oxygens (including phenoxy) is 1. The molecule has 0 saturated carbocycles. The number of hydrogen-bond donors (Lipinski definition) is 2. The summed E-state index contributed by atoms with van der Waals surface area (Å²) in [5.41, 5.74) is 4.64. The van der Waals surface area contributed by atoms with Crippen molar-refractivity contribution in [3.63, 3.8) is 0 Å². The van der Waals surface area contributed by atoms with Gasteiger partial charge in [-0.05, 0) is 45.0 Å². The molecule has 2 aromatic carbocycles. The van der Waals surface area contributed by atoms with Gasteiger partial charge in [0.25, 0.3) is 0 Å². The van der Waals surface area contributed by atoms with Crippen LogP contribution in [0.1, 0.15) is 26.3 Å². The van der Waals surface area contributed by atoms with E-state index in [0.717, 1.165) is 40.1 Å². The number of anilines is 1. The number of aryl methyl sites for hydroxylation is 1. The van der Waals surface area contributed by atoms with Gasteiger partial charge in [-0.3, -0.25) is 0 Å². The molecular weight excluding hydrogens is 356 g/mol. The molecular formula is C21H24N4OS. The van der Waals surface area contributed by atoms with Gasteiger partial charge in [0.2, 0.25) is 0 Å². The van der Waals surface area contributed by atoms with Crippen molar-refractivity contribution in [1.29, 1.82) is 5.26 Å². The van der Waals surface area contributed by atoms with Gasteiger partial charge in [0.05, 0.1) is 23.9 Å². The van der Waals surface area contributed by atoms with Crippen LogP contribution in [0.3, 0.4) is 0 Å². The number of hydrogen-bond acceptors (Lipinski definition) is 5. The van der Waals surface area contributed by atoms with Crippen molar-refractivity contribution in [3.8, 4) is 23.1 Å². The van der Waals surface area contributed by atoms with Gasteiger partial charge in [-0.2, -0.15) is 5.26 Å². The van der Waals surface area contributed by atoms with Gasteiger partial charge in [-0.1, -0.05) is 12.1 Å². The van der Waals surface area contributed by atoms with E-state index in [0.29, 0.717) is 11.6 Å². The fraction of sp³-hybridized carbons (Fsp3) is 0.286. The lowest BCUT2D eigenvalue weighted by Gasteiger charge is -2.12. The molecule has 6 heteroatoms. The number of rotatable bonds is 7. The van der Waals surface area contributed by atoms with Crippen molar-refractivity contribution in [1.82, 2.24) is 9.29 Å². The Labute approximate surface area is 164 Å². The first-order valence-corrected chi connectivity index (χ1v) is 9.78. The summed E-state index contributed by atoms with van der Waals surface area (Å²) in [7, 11) is 1.66. The van der Waals surface area contributed by atoms with Crippen molar-refractivity contribution >= 4 is 28.7 Å². The van der Waals surface area contributed by atoms with Crippen molar-refractivity contribution in [2.75, 3.05) is 11.8 Å². The molecule has 0 fully saturated rings. The summed E-state index contributed by atoms with van der Waals surface area (Å²) in [5, 5.41) is 10.8. The zero-order valence-electron chi connectivity index (χ0n) is 16.0. The molecule has 3 aromatic rings. The van der Waals surface area contributed by atoms with Crippen LogP contribution in [0.25, 0.3) is 22.2 Å². The molecule has 0 atom stereocenters. The number of aromatic nitrogens is 1. The van der Waals surface area contributed by atoms with E-state index in [1.807, 2.05) is 36.4 Å². The van der Waals surface area contributed by atoms with Crippen LogP contribution in [-0.4, -0.2) is 17.7 Å². The monoisotopic (exact) mass is 380 g/mol. The first kappa shape index (κ1) is 19.2. The topological polar surface area (TPSA) is 62.0 Å². The molecule has 140 valence electrons. The number of nitrogens with one attached hydrogen (secondary N) is 2. The van der Waals surface area contributed by atoms with E-state index in [-0.39, 0.29) is 0 Å². The minimum absolute atomic E-state index is 0.383. The van der Waals surface area contributed by atoms with Crippen LogP contribution in [0.15, 0.2) is 42.5 Å². The van der Waals surface area contributed by atoms with Crippen LogP contribution in [0.5, 0.6) is 5.75 Å². The Hall–Kier alpha value is -2.62. The van der Waals surface area contributed by atoms with Crippen molar-refractivity contribution in [2.45, 2.75) is 33.4 Å². The maximum atomic E-state index is 9.86. The van der Waals surface area contributed by atoms with Gasteiger partial charge in [0, 0.05) is 47.4 Å². The lowest BCUT2D eigenvalue weighted by Crippen LogP contribution is -2.16. The minimum atomic E-state index is 0.383. The number of benzene rings is 2. The molecule has 0 saturated heterocycles. The molecule has 0 amide bonds. The van der Waals surface area contributed by atoms with Crippen LogP contribution in [0.4, 0.5) is 5.69 Å². The lowest BCUT2D eigenvalue weighted by molar-refractivity contribution is 0.415. The molecule has 1 aromatic heterocycles. The Morgan fingerprint density at radius 1 is 1.22 bits per heavy atom. The van der Waals surface area contributed by atoms with E-state index in [4.69, 9.17) is 4.74 Å². The van der Waals surface area contributed by atoms with Crippen LogP contribution >= 0.6 is 12.1 Å². The van der Waals surface area contributed by atoms with E-state index in [1.165, 1.54) is 12.1 Å². The summed E-state index contributed by atoms with van der Waals surface area (Å²) in [6, 6.07) is 16.8. The van der Waals surface area contributed by atoms with Gasteiger partial charge in [0.15, 0.2) is 0 Å². The smallest absolute Gasteiger partial charge is 0.120 e. The SMILES string of the molecule is CCn1c(-c2cccc(NSNC(C)C)c2)c(C#N)c2ccc(OC)cc21. The van der Waals surface area contributed by atoms with E-state index >= 15 is 0 Å². The Kier molecular flexibility index (Phi) is 5.94. The van der Waals surface area contributed by atoms with Gasteiger partial charge in [-0.15, -0.1) is 0 Å². The molecule has 2 N–H and O–H groups in total. The largest absolute Gasteiger partial charge is 0.497 e.